The van der Waals surface area contributed by atoms with Crippen molar-refractivity contribution in [3.63, 3.8) is 0 Å². The van der Waals surface area contributed by atoms with E-state index in [1.54, 1.807) is 0 Å². The predicted molar refractivity (Wildman–Crippen MR) is 75.8 cm³/mol. The van der Waals surface area contributed by atoms with Crippen LogP contribution in [0.5, 0.6) is 0 Å². The first-order chi connectivity index (χ1) is 9.76. The molecule has 0 heterocycles. The molecule has 5 fully saturated rings. The minimum atomic E-state index is 0.138. The zero-order chi connectivity index (χ0) is 13.3. The molecule has 2 nitrogen and oxygen atoms in total. The summed E-state index contributed by atoms with van der Waals surface area (Å²) in [5.41, 5.74) is 0. The summed E-state index contributed by atoms with van der Waals surface area (Å²) in [5, 5.41) is 0. The fraction of sp³-hybridized carbons (Fsp3) is 0.833. The Labute approximate surface area is 120 Å². The number of carbonyl (C=O) groups is 1. The maximum Gasteiger partial charge on any atom is 0.309 e. The smallest absolute Gasteiger partial charge is 0.309 e. The first-order valence-electron chi connectivity index (χ1n) is 8.65. The van der Waals surface area contributed by atoms with Crippen LogP contribution in [0.2, 0.25) is 0 Å². The fourth-order valence-electron chi connectivity index (χ4n) is 6.34. The van der Waals surface area contributed by atoms with Crippen LogP contribution in [-0.4, -0.2) is 12.1 Å². The van der Waals surface area contributed by atoms with Crippen molar-refractivity contribution in [2.24, 2.45) is 41.4 Å². The predicted octanol–water partition coefficient (Wildman–Crippen LogP) is 3.57. The van der Waals surface area contributed by atoms with Crippen LogP contribution in [0.3, 0.4) is 0 Å². The summed E-state index contributed by atoms with van der Waals surface area (Å²) in [6, 6.07) is 0. The van der Waals surface area contributed by atoms with E-state index in [2.05, 4.69) is 12.2 Å². The van der Waals surface area contributed by atoms with Gasteiger partial charge in [-0.3, -0.25) is 4.79 Å². The topological polar surface area (TPSA) is 26.3 Å². The van der Waals surface area contributed by atoms with E-state index in [1.807, 2.05) is 0 Å². The van der Waals surface area contributed by atoms with Crippen molar-refractivity contribution >= 4 is 5.97 Å². The van der Waals surface area contributed by atoms with Crippen LogP contribution in [0.1, 0.15) is 44.9 Å². The standard InChI is InChI=1S/C18H24O2/c19-18(16-9-10-1-2-13(16)4-10)20-17-14-5-11-3-12(7-14)8-15(17)6-11/h1-2,10-17H,3-9H2/t10-,11?,12?,13+,14?,15?,16?,17?/m1/s1. The lowest BCUT2D eigenvalue weighted by Gasteiger charge is -2.53. The molecule has 0 aromatic rings. The number of esters is 1. The van der Waals surface area contributed by atoms with Crippen molar-refractivity contribution in [1.29, 1.82) is 0 Å². The molecule has 1 unspecified atom stereocenters. The van der Waals surface area contributed by atoms with E-state index in [4.69, 9.17) is 4.74 Å². The molecule has 0 radical (unpaired) electrons. The SMILES string of the molecule is O=C(OC1C2CC3CC(C2)CC1C3)C1C[C@@H]2C=C[C@H]1C2. The molecule has 0 aromatic heterocycles. The third kappa shape index (κ3) is 1.66. The van der Waals surface area contributed by atoms with Gasteiger partial charge in [0.05, 0.1) is 5.92 Å². The van der Waals surface area contributed by atoms with E-state index in [0.29, 0.717) is 23.7 Å². The summed E-state index contributed by atoms with van der Waals surface area (Å²) in [5.74, 6) is 4.78. The van der Waals surface area contributed by atoms with Gasteiger partial charge >= 0.3 is 5.97 Å². The molecule has 0 amide bonds. The average molecular weight is 272 g/mol. The van der Waals surface area contributed by atoms with Gasteiger partial charge in [0, 0.05) is 0 Å². The van der Waals surface area contributed by atoms with Gasteiger partial charge in [-0.25, -0.2) is 0 Å². The van der Waals surface area contributed by atoms with Crippen molar-refractivity contribution in [2.45, 2.75) is 51.0 Å². The summed E-state index contributed by atoms with van der Waals surface area (Å²) in [6.45, 7) is 0. The van der Waals surface area contributed by atoms with E-state index >= 15 is 0 Å². The van der Waals surface area contributed by atoms with Gasteiger partial charge in [0.25, 0.3) is 0 Å². The highest BCUT2D eigenvalue weighted by Gasteiger charge is 2.51. The van der Waals surface area contributed by atoms with Gasteiger partial charge in [-0.1, -0.05) is 12.2 Å². The highest BCUT2D eigenvalue weighted by Crippen LogP contribution is 2.55. The minimum Gasteiger partial charge on any atom is -0.462 e. The zero-order valence-corrected chi connectivity index (χ0v) is 12.0. The second kappa shape index (κ2) is 4.11. The van der Waals surface area contributed by atoms with Crippen LogP contribution in [0.4, 0.5) is 0 Å². The minimum absolute atomic E-state index is 0.138. The number of fused-ring (bicyclic) bond motifs is 2. The Morgan fingerprint density at radius 1 is 0.850 bits per heavy atom. The van der Waals surface area contributed by atoms with Crippen LogP contribution in [0.15, 0.2) is 12.2 Å². The van der Waals surface area contributed by atoms with Crippen LogP contribution >= 0.6 is 0 Å². The second-order valence-electron chi connectivity index (χ2n) is 8.22. The van der Waals surface area contributed by atoms with Gasteiger partial charge in [-0.05, 0) is 80.5 Å². The summed E-state index contributed by atoms with van der Waals surface area (Å²) in [6.07, 6.45) is 13.9. The normalized spacial score (nSPS) is 54.6. The maximum atomic E-state index is 12.6. The number of carbonyl (C=O) groups excluding carboxylic acids is 1. The molecule has 5 saturated carbocycles. The van der Waals surface area contributed by atoms with Gasteiger partial charge < -0.3 is 4.74 Å². The molecular weight excluding hydrogens is 248 g/mol. The van der Waals surface area contributed by atoms with Crippen LogP contribution < -0.4 is 0 Å². The third-order valence-corrected chi connectivity index (χ3v) is 6.97. The third-order valence-electron chi connectivity index (χ3n) is 6.97. The fourth-order valence-corrected chi connectivity index (χ4v) is 6.34. The van der Waals surface area contributed by atoms with Crippen LogP contribution in [0, 0.1) is 41.4 Å². The van der Waals surface area contributed by atoms with Crippen molar-refractivity contribution in [3.8, 4) is 0 Å². The van der Waals surface area contributed by atoms with Crippen molar-refractivity contribution in [3.05, 3.63) is 12.2 Å². The monoisotopic (exact) mass is 272 g/mol. The summed E-state index contributed by atoms with van der Waals surface area (Å²) in [7, 11) is 0. The van der Waals surface area contributed by atoms with E-state index in [9.17, 15) is 4.79 Å². The highest BCUT2D eigenvalue weighted by molar-refractivity contribution is 5.74. The maximum absolute atomic E-state index is 12.6. The molecule has 108 valence electrons. The average Bonchev–Trinajstić information content (AvgIpc) is 3.04. The number of ether oxygens (including phenoxy) is 1. The molecule has 0 saturated heterocycles. The lowest BCUT2D eigenvalue weighted by molar-refractivity contribution is -0.176. The summed E-state index contributed by atoms with van der Waals surface area (Å²) >= 11 is 0. The number of hydrogen-bond donors (Lipinski definition) is 0. The van der Waals surface area contributed by atoms with Crippen LogP contribution in [0.25, 0.3) is 0 Å². The molecule has 0 aliphatic heterocycles. The lowest BCUT2D eigenvalue weighted by Crippen LogP contribution is -2.50. The van der Waals surface area contributed by atoms with Gasteiger partial charge in [-0.15, -0.1) is 0 Å². The Kier molecular flexibility index (Phi) is 2.43. The molecule has 0 aromatic carbocycles. The quantitative estimate of drug-likeness (QED) is 0.567. The first-order valence-corrected chi connectivity index (χ1v) is 8.65. The molecule has 6 aliphatic rings. The second-order valence-corrected chi connectivity index (χ2v) is 8.22. The molecule has 6 aliphatic carbocycles. The largest absolute Gasteiger partial charge is 0.462 e. The van der Waals surface area contributed by atoms with Gasteiger partial charge in [0.2, 0.25) is 0 Å². The zero-order valence-electron chi connectivity index (χ0n) is 12.0. The van der Waals surface area contributed by atoms with Crippen molar-refractivity contribution < 1.29 is 9.53 Å². The van der Waals surface area contributed by atoms with Crippen molar-refractivity contribution in [2.75, 3.05) is 0 Å². The number of hydrogen-bond acceptors (Lipinski definition) is 2. The summed E-state index contributed by atoms with van der Waals surface area (Å²) < 4.78 is 6.09. The number of allylic oxidation sites excluding steroid dienone is 2. The van der Waals surface area contributed by atoms with E-state index in [0.717, 1.165) is 18.3 Å². The summed E-state index contributed by atoms with van der Waals surface area (Å²) in [4.78, 5) is 12.6. The van der Waals surface area contributed by atoms with Gasteiger partial charge in [0.1, 0.15) is 6.10 Å². The molecular formula is C18H24O2. The molecule has 6 bridgehead atoms. The molecule has 0 N–H and O–H groups in total. The first kappa shape index (κ1) is 11.8. The van der Waals surface area contributed by atoms with Gasteiger partial charge in [-0.2, -0.15) is 0 Å². The van der Waals surface area contributed by atoms with Crippen LogP contribution in [-0.2, 0) is 9.53 Å². The van der Waals surface area contributed by atoms with E-state index in [1.165, 1.54) is 38.5 Å². The van der Waals surface area contributed by atoms with Crippen molar-refractivity contribution in [1.82, 2.24) is 0 Å². The Morgan fingerprint density at radius 2 is 1.55 bits per heavy atom. The molecule has 2 heteroatoms. The van der Waals surface area contributed by atoms with E-state index < -0.39 is 0 Å². The molecule has 6 rings (SSSR count). The van der Waals surface area contributed by atoms with Gasteiger partial charge in [0.15, 0.2) is 0 Å². The number of rotatable bonds is 2. The molecule has 3 atom stereocenters. The Morgan fingerprint density at radius 3 is 2.10 bits per heavy atom. The van der Waals surface area contributed by atoms with E-state index in [-0.39, 0.29) is 18.0 Å². The highest BCUT2D eigenvalue weighted by atomic mass is 16.5. The molecule has 20 heavy (non-hydrogen) atoms. The Bertz CT molecular complexity index is 438. The lowest BCUT2D eigenvalue weighted by atomic mass is 9.55. The Hall–Kier alpha value is -0.790. The Balaban J connectivity index is 1.30. The molecule has 0 spiro atoms.